The molecule has 0 aliphatic carbocycles. The summed E-state index contributed by atoms with van der Waals surface area (Å²) in [6, 6.07) is -0.414. The molecule has 0 aromatic rings. The van der Waals surface area contributed by atoms with Crippen LogP contribution in [-0.2, 0) is 4.79 Å². The molecule has 0 saturated heterocycles. The van der Waals surface area contributed by atoms with Crippen LogP contribution in [0, 0.1) is 5.41 Å². The number of rotatable bonds is 8. The normalized spacial score (nSPS) is 13.5. The van der Waals surface area contributed by atoms with Gasteiger partial charge in [0.05, 0.1) is 6.04 Å². The van der Waals surface area contributed by atoms with Crippen molar-refractivity contribution in [1.29, 1.82) is 0 Å². The first kappa shape index (κ1) is 16.4. The average Bonchev–Trinajstić information content (AvgIpc) is 2.25. The molecule has 1 amide bonds. The van der Waals surface area contributed by atoms with Crippen molar-refractivity contribution in [3.63, 3.8) is 0 Å². The van der Waals surface area contributed by atoms with Gasteiger partial charge in [-0.05, 0) is 11.8 Å². The van der Waals surface area contributed by atoms with E-state index in [1.165, 1.54) is 32.1 Å². The van der Waals surface area contributed by atoms with Gasteiger partial charge in [0, 0.05) is 6.54 Å². The van der Waals surface area contributed by atoms with E-state index in [4.69, 9.17) is 5.73 Å². The Morgan fingerprint density at radius 2 is 1.65 bits per heavy atom. The number of amides is 1. The van der Waals surface area contributed by atoms with Crippen LogP contribution in [0.4, 0.5) is 0 Å². The molecule has 0 aliphatic heterocycles. The minimum Gasteiger partial charge on any atom is -0.355 e. The van der Waals surface area contributed by atoms with Gasteiger partial charge in [-0.1, -0.05) is 59.8 Å². The molecule has 0 saturated carbocycles. The van der Waals surface area contributed by atoms with Crippen LogP contribution >= 0.6 is 0 Å². The van der Waals surface area contributed by atoms with E-state index in [-0.39, 0.29) is 11.3 Å². The lowest BCUT2D eigenvalue weighted by Gasteiger charge is -2.25. The minimum atomic E-state index is -0.414. The summed E-state index contributed by atoms with van der Waals surface area (Å²) in [5.41, 5.74) is 5.70. The fourth-order valence-corrected chi connectivity index (χ4v) is 1.62. The van der Waals surface area contributed by atoms with Gasteiger partial charge in [-0.25, -0.2) is 0 Å². The molecular formula is C14H30N2O. The molecule has 3 heteroatoms. The Morgan fingerprint density at radius 3 is 2.18 bits per heavy atom. The standard InChI is InChI=1S/C14H30N2O/c1-5-6-7-8-9-10-11-16-13(17)12(15)14(2,3)4/h12H,5-11,15H2,1-4H3,(H,16,17)/t12-/m1/s1. The van der Waals surface area contributed by atoms with Crippen LogP contribution in [0.25, 0.3) is 0 Å². The maximum Gasteiger partial charge on any atom is 0.237 e. The Hall–Kier alpha value is -0.570. The molecule has 3 nitrogen and oxygen atoms in total. The second kappa shape index (κ2) is 8.51. The maximum absolute atomic E-state index is 11.7. The van der Waals surface area contributed by atoms with Crippen LogP contribution < -0.4 is 11.1 Å². The number of hydrogen-bond acceptors (Lipinski definition) is 2. The van der Waals surface area contributed by atoms with Crippen molar-refractivity contribution >= 4 is 5.91 Å². The summed E-state index contributed by atoms with van der Waals surface area (Å²) >= 11 is 0. The molecule has 0 aromatic carbocycles. The van der Waals surface area contributed by atoms with Crippen molar-refractivity contribution in [1.82, 2.24) is 5.32 Å². The van der Waals surface area contributed by atoms with Gasteiger partial charge in [0.25, 0.3) is 0 Å². The second-order valence-electron chi connectivity index (χ2n) is 5.90. The average molecular weight is 242 g/mol. The van der Waals surface area contributed by atoms with Crippen molar-refractivity contribution in [2.75, 3.05) is 6.54 Å². The van der Waals surface area contributed by atoms with Gasteiger partial charge in [0.2, 0.25) is 5.91 Å². The first-order valence-electron chi connectivity index (χ1n) is 6.93. The molecule has 3 N–H and O–H groups in total. The number of hydrogen-bond donors (Lipinski definition) is 2. The molecule has 0 unspecified atom stereocenters. The first-order chi connectivity index (χ1) is 7.89. The zero-order chi connectivity index (χ0) is 13.3. The molecular weight excluding hydrogens is 212 g/mol. The lowest BCUT2D eigenvalue weighted by Crippen LogP contribution is -2.48. The molecule has 102 valence electrons. The largest absolute Gasteiger partial charge is 0.355 e. The summed E-state index contributed by atoms with van der Waals surface area (Å²) in [6.07, 6.45) is 7.44. The SMILES string of the molecule is CCCCCCCCNC(=O)[C@@H](N)C(C)(C)C. The van der Waals surface area contributed by atoms with Crippen LogP contribution in [0.3, 0.4) is 0 Å². The van der Waals surface area contributed by atoms with Crippen LogP contribution in [0.1, 0.15) is 66.2 Å². The highest BCUT2D eigenvalue weighted by molar-refractivity contribution is 5.82. The van der Waals surface area contributed by atoms with Gasteiger partial charge < -0.3 is 11.1 Å². The molecule has 17 heavy (non-hydrogen) atoms. The lowest BCUT2D eigenvalue weighted by atomic mass is 9.87. The minimum absolute atomic E-state index is 0.0222. The fourth-order valence-electron chi connectivity index (χ4n) is 1.62. The molecule has 0 aliphatic rings. The first-order valence-corrected chi connectivity index (χ1v) is 6.93. The summed E-state index contributed by atoms with van der Waals surface area (Å²) in [5, 5.41) is 2.92. The van der Waals surface area contributed by atoms with Crippen LogP contribution in [0.2, 0.25) is 0 Å². The fraction of sp³-hybridized carbons (Fsp3) is 0.929. The van der Waals surface area contributed by atoms with Crippen molar-refractivity contribution in [3.8, 4) is 0 Å². The predicted octanol–water partition coefficient (Wildman–Crippen LogP) is 2.84. The Balaban J connectivity index is 3.52. The summed E-state index contributed by atoms with van der Waals surface area (Å²) in [4.78, 5) is 11.7. The third-order valence-corrected chi connectivity index (χ3v) is 3.05. The molecule has 0 heterocycles. The lowest BCUT2D eigenvalue weighted by molar-refractivity contribution is -0.124. The van der Waals surface area contributed by atoms with E-state index in [0.29, 0.717) is 0 Å². The summed E-state index contributed by atoms with van der Waals surface area (Å²) in [6.45, 7) is 8.94. The predicted molar refractivity (Wildman–Crippen MR) is 73.8 cm³/mol. The van der Waals surface area contributed by atoms with Crippen LogP contribution in [0.5, 0.6) is 0 Å². The van der Waals surface area contributed by atoms with E-state index in [0.717, 1.165) is 13.0 Å². The number of carbonyl (C=O) groups excluding carboxylic acids is 1. The molecule has 1 atom stereocenters. The summed E-state index contributed by atoms with van der Waals surface area (Å²) in [5.74, 6) is -0.0222. The maximum atomic E-state index is 11.7. The third-order valence-electron chi connectivity index (χ3n) is 3.05. The number of nitrogens with two attached hydrogens (primary N) is 1. The molecule has 0 bridgehead atoms. The highest BCUT2D eigenvalue weighted by Crippen LogP contribution is 2.17. The smallest absolute Gasteiger partial charge is 0.237 e. The second-order valence-corrected chi connectivity index (χ2v) is 5.90. The Kier molecular flexibility index (Phi) is 8.23. The van der Waals surface area contributed by atoms with Crippen LogP contribution in [0.15, 0.2) is 0 Å². The van der Waals surface area contributed by atoms with E-state index in [9.17, 15) is 4.79 Å². The van der Waals surface area contributed by atoms with E-state index in [1.54, 1.807) is 0 Å². The molecule has 0 radical (unpaired) electrons. The number of carbonyl (C=O) groups is 1. The van der Waals surface area contributed by atoms with E-state index < -0.39 is 6.04 Å². The van der Waals surface area contributed by atoms with Gasteiger partial charge in [-0.3, -0.25) is 4.79 Å². The highest BCUT2D eigenvalue weighted by Gasteiger charge is 2.26. The quantitative estimate of drug-likeness (QED) is 0.643. The van der Waals surface area contributed by atoms with Gasteiger partial charge in [-0.2, -0.15) is 0 Å². The Labute approximate surface area is 107 Å². The Morgan fingerprint density at radius 1 is 1.12 bits per heavy atom. The van der Waals surface area contributed by atoms with Gasteiger partial charge in [0.1, 0.15) is 0 Å². The zero-order valence-electron chi connectivity index (χ0n) is 12.0. The summed E-state index contributed by atoms with van der Waals surface area (Å²) in [7, 11) is 0. The summed E-state index contributed by atoms with van der Waals surface area (Å²) < 4.78 is 0. The van der Waals surface area contributed by atoms with Crippen molar-refractivity contribution in [2.24, 2.45) is 11.1 Å². The van der Waals surface area contributed by atoms with E-state index in [2.05, 4.69) is 12.2 Å². The van der Waals surface area contributed by atoms with E-state index >= 15 is 0 Å². The van der Waals surface area contributed by atoms with Crippen LogP contribution in [-0.4, -0.2) is 18.5 Å². The van der Waals surface area contributed by atoms with E-state index in [1.807, 2.05) is 20.8 Å². The number of nitrogens with one attached hydrogen (secondary N) is 1. The topological polar surface area (TPSA) is 55.1 Å². The van der Waals surface area contributed by atoms with Gasteiger partial charge in [-0.15, -0.1) is 0 Å². The van der Waals surface area contributed by atoms with Crippen molar-refractivity contribution < 1.29 is 4.79 Å². The van der Waals surface area contributed by atoms with Gasteiger partial charge >= 0.3 is 0 Å². The molecule has 0 spiro atoms. The molecule has 0 aromatic heterocycles. The van der Waals surface area contributed by atoms with Crippen molar-refractivity contribution in [3.05, 3.63) is 0 Å². The third kappa shape index (κ3) is 8.19. The highest BCUT2D eigenvalue weighted by atomic mass is 16.2. The van der Waals surface area contributed by atoms with Gasteiger partial charge in [0.15, 0.2) is 0 Å². The Bertz CT molecular complexity index is 209. The molecule has 0 rings (SSSR count). The zero-order valence-corrected chi connectivity index (χ0v) is 12.0. The van der Waals surface area contributed by atoms with Crippen molar-refractivity contribution in [2.45, 2.75) is 72.3 Å². The number of unbranched alkanes of at least 4 members (excludes halogenated alkanes) is 5. The molecule has 0 fully saturated rings. The monoisotopic (exact) mass is 242 g/mol.